The lowest BCUT2D eigenvalue weighted by atomic mass is 10.2. The van der Waals surface area contributed by atoms with Crippen LogP contribution >= 0.6 is 0 Å². The molecule has 0 saturated heterocycles. The lowest BCUT2D eigenvalue weighted by Gasteiger charge is -2.17. The molecule has 0 bridgehead atoms. The van der Waals surface area contributed by atoms with Crippen molar-refractivity contribution >= 4 is 21.7 Å². The first-order chi connectivity index (χ1) is 13.5. The highest BCUT2D eigenvalue weighted by atomic mass is 32.2. The van der Waals surface area contributed by atoms with Crippen molar-refractivity contribution in [2.45, 2.75) is 18.4 Å². The van der Waals surface area contributed by atoms with Gasteiger partial charge in [-0.3, -0.25) is 4.72 Å². The van der Waals surface area contributed by atoms with Crippen LogP contribution in [0.15, 0.2) is 71.6 Å². The number of aromatic nitrogens is 2. The van der Waals surface area contributed by atoms with Crippen LogP contribution in [0, 0.1) is 0 Å². The molecule has 8 heteroatoms. The van der Waals surface area contributed by atoms with Gasteiger partial charge < -0.3 is 9.64 Å². The van der Waals surface area contributed by atoms with Gasteiger partial charge in [0.15, 0.2) is 11.6 Å². The topological polar surface area (TPSA) is 84.4 Å². The standard InChI is InChI=1S/C20H22N4O3S/c1-3-27-17-9-11-18(12-10-17)28(25,26)23-19-13-14-20(22-21-19)24(2)15-16-7-5-4-6-8-16/h4-14H,3,15H2,1-2H3,(H,21,23). The molecular weight excluding hydrogens is 376 g/mol. The van der Waals surface area contributed by atoms with Crippen LogP contribution in [0.5, 0.6) is 5.75 Å². The lowest BCUT2D eigenvalue weighted by molar-refractivity contribution is 0.340. The molecule has 0 aliphatic rings. The number of sulfonamides is 1. The molecule has 1 heterocycles. The highest BCUT2D eigenvalue weighted by molar-refractivity contribution is 7.92. The summed E-state index contributed by atoms with van der Waals surface area (Å²) in [6.45, 7) is 3.06. The van der Waals surface area contributed by atoms with Crippen LogP contribution in [0.25, 0.3) is 0 Å². The van der Waals surface area contributed by atoms with Crippen LogP contribution < -0.4 is 14.4 Å². The Labute approximate surface area is 165 Å². The average molecular weight is 398 g/mol. The second-order valence-electron chi connectivity index (χ2n) is 6.13. The number of anilines is 2. The molecule has 28 heavy (non-hydrogen) atoms. The number of rotatable bonds is 8. The van der Waals surface area contributed by atoms with Gasteiger partial charge in [0.25, 0.3) is 10.0 Å². The minimum Gasteiger partial charge on any atom is -0.494 e. The summed E-state index contributed by atoms with van der Waals surface area (Å²) in [6.07, 6.45) is 0. The van der Waals surface area contributed by atoms with E-state index in [9.17, 15) is 8.42 Å². The fourth-order valence-corrected chi connectivity index (χ4v) is 3.60. The summed E-state index contributed by atoms with van der Waals surface area (Å²) in [5.74, 6) is 1.42. The third kappa shape index (κ3) is 4.98. The van der Waals surface area contributed by atoms with Gasteiger partial charge in [0, 0.05) is 13.6 Å². The quantitative estimate of drug-likeness (QED) is 0.627. The highest BCUT2D eigenvalue weighted by Crippen LogP contribution is 2.19. The molecule has 0 spiro atoms. The molecule has 0 aliphatic carbocycles. The molecule has 0 unspecified atom stereocenters. The summed E-state index contributed by atoms with van der Waals surface area (Å²) in [6, 6.07) is 19.5. The average Bonchev–Trinajstić information content (AvgIpc) is 2.70. The molecular formula is C20H22N4O3S. The van der Waals surface area contributed by atoms with Crippen molar-refractivity contribution in [3.8, 4) is 5.75 Å². The number of nitrogens with zero attached hydrogens (tertiary/aromatic N) is 3. The summed E-state index contributed by atoms with van der Waals surface area (Å²) in [5, 5.41) is 8.11. The van der Waals surface area contributed by atoms with Crippen molar-refractivity contribution in [2.24, 2.45) is 0 Å². The molecule has 0 atom stereocenters. The predicted molar refractivity (Wildman–Crippen MR) is 109 cm³/mol. The molecule has 3 rings (SSSR count). The molecule has 0 aliphatic heterocycles. The Hall–Kier alpha value is -3.13. The smallest absolute Gasteiger partial charge is 0.263 e. The molecule has 0 fully saturated rings. The van der Waals surface area contributed by atoms with Crippen molar-refractivity contribution in [2.75, 3.05) is 23.3 Å². The maximum atomic E-state index is 12.5. The van der Waals surface area contributed by atoms with E-state index < -0.39 is 10.0 Å². The lowest BCUT2D eigenvalue weighted by Crippen LogP contribution is -2.19. The number of ether oxygens (including phenoxy) is 1. The van der Waals surface area contributed by atoms with Crippen LogP contribution in [0.3, 0.4) is 0 Å². The van der Waals surface area contributed by atoms with E-state index in [1.165, 1.54) is 12.1 Å². The first-order valence-corrected chi connectivity index (χ1v) is 10.3. The Kier molecular flexibility index (Phi) is 6.10. The number of hydrogen-bond acceptors (Lipinski definition) is 6. The van der Waals surface area contributed by atoms with Crippen LogP contribution in [0.4, 0.5) is 11.6 Å². The highest BCUT2D eigenvalue weighted by Gasteiger charge is 2.15. The molecule has 2 aromatic carbocycles. The zero-order valence-electron chi connectivity index (χ0n) is 15.7. The first-order valence-electron chi connectivity index (χ1n) is 8.82. The van der Waals surface area contributed by atoms with Crippen molar-refractivity contribution in [3.63, 3.8) is 0 Å². The second kappa shape index (κ2) is 8.71. The van der Waals surface area contributed by atoms with E-state index in [0.717, 1.165) is 5.56 Å². The molecule has 0 saturated carbocycles. The van der Waals surface area contributed by atoms with Crippen molar-refractivity contribution in [1.29, 1.82) is 0 Å². The first kappa shape index (κ1) is 19.6. The normalized spacial score (nSPS) is 11.1. The van der Waals surface area contributed by atoms with Crippen LogP contribution in [-0.4, -0.2) is 32.3 Å². The van der Waals surface area contributed by atoms with Crippen LogP contribution in [0.1, 0.15) is 12.5 Å². The maximum absolute atomic E-state index is 12.5. The van der Waals surface area contributed by atoms with Gasteiger partial charge in [0.05, 0.1) is 11.5 Å². The molecule has 146 valence electrons. The van der Waals surface area contributed by atoms with Gasteiger partial charge in [0.1, 0.15) is 5.75 Å². The SMILES string of the molecule is CCOc1ccc(S(=O)(=O)Nc2ccc(N(C)Cc3ccccc3)nn2)cc1. The van der Waals surface area contributed by atoms with E-state index in [2.05, 4.69) is 14.9 Å². The van der Waals surface area contributed by atoms with Gasteiger partial charge in [-0.1, -0.05) is 30.3 Å². The largest absolute Gasteiger partial charge is 0.494 e. The summed E-state index contributed by atoms with van der Waals surface area (Å²) in [7, 11) is -1.84. The number of hydrogen-bond donors (Lipinski definition) is 1. The second-order valence-corrected chi connectivity index (χ2v) is 7.81. The van der Waals surface area contributed by atoms with E-state index >= 15 is 0 Å². The minimum atomic E-state index is -3.75. The van der Waals surface area contributed by atoms with Gasteiger partial charge >= 0.3 is 0 Å². The van der Waals surface area contributed by atoms with Crippen molar-refractivity contribution in [1.82, 2.24) is 10.2 Å². The van der Waals surface area contributed by atoms with Gasteiger partial charge in [-0.05, 0) is 48.9 Å². The third-order valence-corrected chi connectivity index (χ3v) is 5.36. The zero-order chi connectivity index (χ0) is 20.0. The minimum absolute atomic E-state index is 0.128. The van der Waals surface area contributed by atoms with E-state index in [1.54, 1.807) is 24.3 Å². The van der Waals surface area contributed by atoms with Crippen molar-refractivity contribution < 1.29 is 13.2 Å². The van der Waals surface area contributed by atoms with Crippen LogP contribution in [-0.2, 0) is 16.6 Å². The Morgan fingerprint density at radius 3 is 2.29 bits per heavy atom. The van der Waals surface area contributed by atoms with Crippen LogP contribution in [0.2, 0.25) is 0 Å². The Balaban J connectivity index is 1.67. The maximum Gasteiger partial charge on any atom is 0.263 e. The van der Waals surface area contributed by atoms with E-state index in [4.69, 9.17) is 4.74 Å². The van der Waals surface area contributed by atoms with E-state index in [-0.39, 0.29) is 10.7 Å². The molecule has 0 radical (unpaired) electrons. The monoisotopic (exact) mass is 398 g/mol. The van der Waals surface area contributed by atoms with Gasteiger partial charge in [-0.2, -0.15) is 0 Å². The van der Waals surface area contributed by atoms with Gasteiger partial charge in [0.2, 0.25) is 0 Å². The Morgan fingerprint density at radius 1 is 0.964 bits per heavy atom. The fourth-order valence-electron chi connectivity index (χ4n) is 2.60. The van der Waals surface area contributed by atoms with Gasteiger partial charge in [-0.15, -0.1) is 10.2 Å². The summed E-state index contributed by atoms with van der Waals surface area (Å²) < 4.78 is 32.8. The molecule has 3 aromatic rings. The Morgan fingerprint density at radius 2 is 1.68 bits per heavy atom. The predicted octanol–water partition coefficient (Wildman–Crippen LogP) is 3.31. The molecule has 1 N–H and O–H groups in total. The molecule has 1 aromatic heterocycles. The summed E-state index contributed by atoms with van der Waals surface area (Å²) in [4.78, 5) is 2.07. The number of nitrogens with one attached hydrogen (secondary N) is 1. The fraction of sp³-hybridized carbons (Fsp3) is 0.200. The van der Waals surface area contributed by atoms with E-state index in [1.807, 2.05) is 49.2 Å². The zero-order valence-corrected chi connectivity index (χ0v) is 16.6. The number of benzene rings is 2. The van der Waals surface area contributed by atoms with Crippen molar-refractivity contribution in [3.05, 3.63) is 72.3 Å². The summed E-state index contributed by atoms with van der Waals surface area (Å²) >= 11 is 0. The molecule has 7 nitrogen and oxygen atoms in total. The van der Waals surface area contributed by atoms with E-state index in [0.29, 0.717) is 24.7 Å². The molecule has 0 amide bonds. The third-order valence-electron chi connectivity index (χ3n) is 3.99. The Bertz CT molecular complexity index is 992. The van der Waals surface area contributed by atoms with Gasteiger partial charge in [-0.25, -0.2) is 8.42 Å². The summed E-state index contributed by atoms with van der Waals surface area (Å²) in [5.41, 5.74) is 1.15.